The molecule has 2 aliphatic rings. The Labute approximate surface area is 181 Å². The van der Waals surface area contributed by atoms with Crippen molar-refractivity contribution >= 4 is 44.1 Å². The number of rotatable bonds is 4. The van der Waals surface area contributed by atoms with E-state index in [1.54, 1.807) is 6.07 Å². The van der Waals surface area contributed by atoms with Crippen LogP contribution >= 0.6 is 11.5 Å². The number of nitrogens with two attached hydrogens (primary N) is 1. The number of hydrogen-bond acceptors (Lipinski definition) is 7. The number of pyridine rings is 1. The van der Waals surface area contributed by atoms with E-state index in [1.165, 1.54) is 13.2 Å². The summed E-state index contributed by atoms with van der Waals surface area (Å²) in [6.45, 7) is 4.75. The largest absolute Gasteiger partial charge is 0.399 e. The number of hydrogen-bond donors (Lipinski definition) is 2. The Bertz CT molecular complexity index is 1350. The first-order chi connectivity index (χ1) is 14.8. The highest BCUT2D eigenvalue weighted by atomic mass is 32.1. The Balaban J connectivity index is 1.73. The molecule has 8 nitrogen and oxygen atoms in total. The molecular weight excluding hydrogens is 421 g/mol. The number of nitrogens with zero attached hydrogens (tertiary/aromatic N) is 3. The molecule has 164 valence electrons. The predicted octanol–water partition coefficient (Wildman–Crippen LogP) is 2.55. The van der Waals surface area contributed by atoms with Gasteiger partial charge >= 0.3 is 0 Å². The van der Waals surface area contributed by atoms with Crippen molar-refractivity contribution in [2.24, 2.45) is 16.3 Å². The van der Waals surface area contributed by atoms with E-state index in [1.807, 2.05) is 23.3 Å². The third-order valence-electron chi connectivity index (χ3n) is 6.67. The minimum Gasteiger partial charge on any atom is -0.399 e. The minimum atomic E-state index is -0.511. The molecule has 1 aliphatic heterocycles. The Morgan fingerprint density at radius 2 is 2.13 bits per heavy atom. The lowest BCUT2D eigenvalue weighted by Gasteiger charge is -2.29. The van der Waals surface area contributed by atoms with Crippen molar-refractivity contribution in [3.63, 3.8) is 0 Å². The van der Waals surface area contributed by atoms with Gasteiger partial charge in [-0.2, -0.15) is 0 Å². The van der Waals surface area contributed by atoms with E-state index in [0.29, 0.717) is 29.1 Å². The molecule has 1 saturated heterocycles. The van der Waals surface area contributed by atoms with Gasteiger partial charge in [-0.05, 0) is 43.4 Å². The van der Waals surface area contributed by atoms with E-state index in [9.17, 15) is 9.59 Å². The van der Waals surface area contributed by atoms with Gasteiger partial charge in [0.25, 0.3) is 5.56 Å². The summed E-state index contributed by atoms with van der Waals surface area (Å²) in [7, 11) is 1.48. The molecule has 5 rings (SSSR count). The smallest absolute Gasteiger partial charge is 0.271 e. The minimum absolute atomic E-state index is 0.108. The molecule has 2 unspecified atom stereocenters. The van der Waals surface area contributed by atoms with Crippen LogP contribution in [0.2, 0.25) is 0 Å². The zero-order valence-electron chi connectivity index (χ0n) is 17.6. The second-order valence-electron chi connectivity index (χ2n) is 8.75. The van der Waals surface area contributed by atoms with Crippen molar-refractivity contribution in [1.29, 1.82) is 0 Å². The summed E-state index contributed by atoms with van der Waals surface area (Å²) in [4.78, 5) is 32.8. The van der Waals surface area contributed by atoms with Crippen LogP contribution < -0.4 is 21.6 Å². The number of anilines is 1. The van der Waals surface area contributed by atoms with Gasteiger partial charge in [0, 0.05) is 29.4 Å². The fourth-order valence-corrected chi connectivity index (χ4v) is 5.43. The van der Waals surface area contributed by atoms with Crippen molar-refractivity contribution in [3.8, 4) is 0 Å². The van der Waals surface area contributed by atoms with Gasteiger partial charge in [-0.3, -0.25) is 14.0 Å². The first-order valence-electron chi connectivity index (χ1n) is 10.3. The number of benzene rings is 1. The zero-order chi connectivity index (χ0) is 22.1. The summed E-state index contributed by atoms with van der Waals surface area (Å²) in [5, 5.41) is 4.49. The topological polar surface area (TPSA) is 106 Å². The van der Waals surface area contributed by atoms with Crippen LogP contribution in [0.3, 0.4) is 0 Å². The summed E-state index contributed by atoms with van der Waals surface area (Å²) >= 11 is 1.16. The van der Waals surface area contributed by atoms with Crippen molar-refractivity contribution in [1.82, 2.24) is 8.94 Å². The Hall–Kier alpha value is -2.72. The maximum Gasteiger partial charge on any atom is 0.271 e. The average Bonchev–Trinajstić information content (AvgIpc) is 3.40. The molecule has 2 fully saturated rings. The molecule has 2 atom stereocenters. The normalized spacial score (nSPS) is 23.9. The van der Waals surface area contributed by atoms with Crippen LogP contribution in [0.5, 0.6) is 0 Å². The number of oxime groups is 1. The van der Waals surface area contributed by atoms with Crippen LogP contribution in [0.25, 0.3) is 21.1 Å². The summed E-state index contributed by atoms with van der Waals surface area (Å²) in [5.41, 5.74) is 6.70. The molecule has 3 heterocycles. The maximum atomic E-state index is 15.3. The number of nitrogens with one attached hydrogen (secondary N) is 1. The molecule has 10 heteroatoms. The monoisotopic (exact) mass is 445 g/mol. The van der Waals surface area contributed by atoms with Crippen LogP contribution in [-0.2, 0) is 4.84 Å². The van der Waals surface area contributed by atoms with Gasteiger partial charge in [-0.25, -0.2) is 4.39 Å². The molecule has 1 saturated carbocycles. The highest BCUT2D eigenvalue weighted by molar-refractivity contribution is 7.12. The molecule has 3 N–H and O–H groups in total. The first-order valence-corrected chi connectivity index (χ1v) is 11.1. The average molecular weight is 446 g/mol. The molecule has 1 aromatic carbocycles. The predicted molar refractivity (Wildman–Crippen MR) is 121 cm³/mol. The number of fused-ring (bicyclic) bond motifs is 2. The van der Waals surface area contributed by atoms with Gasteiger partial charge in [-0.15, -0.1) is 0 Å². The van der Waals surface area contributed by atoms with Crippen molar-refractivity contribution < 1.29 is 9.23 Å². The summed E-state index contributed by atoms with van der Waals surface area (Å²) < 4.78 is 20.0. The third-order valence-corrected chi connectivity index (χ3v) is 7.56. The second-order valence-corrected chi connectivity index (χ2v) is 9.54. The Morgan fingerprint density at radius 3 is 2.77 bits per heavy atom. The summed E-state index contributed by atoms with van der Waals surface area (Å²) in [5.74, 6) is -0.511. The molecule has 0 bridgehead atoms. The lowest BCUT2D eigenvalue weighted by atomic mass is 9.81. The fourth-order valence-electron chi connectivity index (χ4n) is 4.50. The van der Waals surface area contributed by atoms with E-state index in [2.05, 4.69) is 9.53 Å². The van der Waals surface area contributed by atoms with Crippen molar-refractivity contribution in [3.05, 3.63) is 38.5 Å². The van der Waals surface area contributed by atoms with Crippen LogP contribution in [0.4, 0.5) is 10.1 Å². The molecule has 0 spiro atoms. The maximum absolute atomic E-state index is 15.3. The van der Waals surface area contributed by atoms with Gasteiger partial charge in [0.1, 0.15) is 23.1 Å². The highest BCUT2D eigenvalue weighted by Gasteiger charge is 2.44. The molecule has 31 heavy (non-hydrogen) atoms. The van der Waals surface area contributed by atoms with E-state index >= 15 is 4.39 Å². The number of aromatic amines is 1. The van der Waals surface area contributed by atoms with Gasteiger partial charge < -0.3 is 20.0 Å². The van der Waals surface area contributed by atoms with E-state index in [0.717, 1.165) is 30.1 Å². The van der Waals surface area contributed by atoms with E-state index in [4.69, 9.17) is 10.6 Å². The van der Waals surface area contributed by atoms with Gasteiger partial charge in [0.15, 0.2) is 0 Å². The molecule has 2 aromatic heterocycles. The molecule has 3 aromatic rings. The SMILES string of the molecule is CO/N=C1/CN(c2cc3c(cc2F)c(=O)c2c(=O)[nH]sc2n3C2CC2)CC1(C)C(C)N. The molecule has 0 amide bonds. The summed E-state index contributed by atoms with van der Waals surface area (Å²) in [6, 6.07) is 2.98. The van der Waals surface area contributed by atoms with Crippen molar-refractivity contribution in [2.45, 2.75) is 38.8 Å². The van der Waals surface area contributed by atoms with Crippen LogP contribution in [0, 0.1) is 11.2 Å². The van der Waals surface area contributed by atoms with Crippen LogP contribution in [0.15, 0.2) is 26.9 Å². The lowest BCUT2D eigenvalue weighted by molar-refractivity contribution is 0.207. The second kappa shape index (κ2) is 6.89. The van der Waals surface area contributed by atoms with Gasteiger partial charge in [-0.1, -0.05) is 12.1 Å². The third kappa shape index (κ3) is 2.92. The molecule has 0 radical (unpaired) electrons. The van der Waals surface area contributed by atoms with Gasteiger partial charge in [0.2, 0.25) is 5.43 Å². The fraction of sp³-hybridized carbons (Fsp3) is 0.476. The highest BCUT2D eigenvalue weighted by Crippen LogP contribution is 2.42. The number of aromatic nitrogens is 2. The quantitative estimate of drug-likeness (QED) is 0.601. The number of H-pyrrole nitrogens is 1. The first kappa shape index (κ1) is 20.2. The molecule has 1 aliphatic carbocycles. The van der Waals surface area contributed by atoms with Crippen molar-refractivity contribution in [2.75, 3.05) is 25.1 Å². The Kier molecular flexibility index (Phi) is 4.49. The standard InChI is InChI=1S/C21H24FN5O3S/c1-10(23)21(2)9-26(8-16(21)24-30-3)15-7-14-12(6-13(15)22)18(28)17-19(29)25-31-20(17)27(14)11-4-5-11/h6-7,10-11H,4-5,8-9,23H2,1-3H3,(H,25,29)/b24-16-. The van der Waals surface area contributed by atoms with Crippen LogP contribution in [0.1, 0.15) is 32.7 Å². The van der Waals surface area contributed by atoms with E-state index in [-0.39, 0.29) is 22.9 Å². The number of halogens is 1. The lowest BCUT2D eigenvalue weighted by Crippen LogP contribution is -2.43. The van der Waals surface area contributed by atoms with Crippen LogP contribution in [-0.4, -0.2) is 40.9 Å². The zero-order valence-corrected chi connectivity index (χ0v) is 18.4. The van der Waals surface area contributed by atoms with E-state index < -0.39 is 22.2 Å². The Morgan fingerprint density at radius 1 is 1.39 bits per heavy atom. The summed E-state index contributed by atoms with van der Waals surface area (Å²) in [6.07, 6.45) is 1.92. The van der Waals surface area contributed by atoms with Gasteiger partial charge in [0.05, 0.1) is 23.5 Å². The molecular formula is C21H24FN5O3S.